The maximum Gasteiger partial charge on any atom is 0.246 e. The van der Waals surface area contributed by atoms with Crippen molar-refractivity contribution in [2.24, 2.45) is 0 Å². The van der Waals surface area contributed by atoms with Crippen LogP contribution in [0, 0.1) is 18.6 Å². The molecule has 28 heavy (non-hydrogen) atoms. The van der Waals surface area contributed by atoms with Gasteiger partial charge in [-0.05, 0) is 49.2 Å². The van der Waals surface area contributed by atoms with Crippen LogP contribution in [0.15, 0.2) is 42.7 Å². The standard InChI is InChI=1S/C20H19F2N5O.H2/c1-12-2-15(7-16(3-12)26-9-19-8-18(26)10-28-19)24-20-23-11-27(25-20)17-5-13(21)4-14(22)6-17;/h2-7,11,18-19H,8-10H2,1H3,(H,24,25);1H. The molecule has 8 heteroatoms. The number of hydrogen-bond acceptors (Lipinski definition) is 5. The Hall–Kier alpha value is -3.00. The summed E-state index contributed by atoms with van der Waals surface area (Å²) >= 11 is 0. The van der Waals surface area contributed by atoms with Crippen molar-refractivity contribution >= 4 is 17.3 Å². The van der Waals surface area contributed by atoms with Gasteiger partial charge in [0.25, 0.3) is 0 Å². The van der Waals surface area contributed by atoms with Crippen molar-refractivity contribution in [3.8, 4) is 5.69 Å². The van der Waals surface area contributed by atoms with E-state index in [1.807, 2.05) is 13.0 Å². The molecule has 2 unspecified atom stereocenters. The number of nitrogens with zero attached hydrogens (tertiary/aromatic N) is 4. The lowest BCUT2D eigenvalue weighted by Gasteiger charge is -2.29. The fourth-order valence-electron chi connectivity index (χ4n) is 3.96. The van der Waals surface area contributed by atoms with Gasteiger partial charge in [0, 0.05) is 25.4 Å². The van der Waals surface area contributed by atoms with Crippen molar-refractivity contribution < 1.29 is 14.9 Å². The van der Waals surface area contributed by atoms with E-state index in [4.69, 9.17) is 4.74 Å². The number of aryl methyl sites for hydroxylation is 1. The fourth-order valence-corrected chi connectivity index (χ4v) is 3.96. The average Bonchev–Trinajstić information content (AvgIpc) is 3.37. The van der Waals surface area contributed by atoms with Crippen molar-refractivity contribution in [1.82, 2.24) is 14.8 Å². The lowest BCUT2D eigenvalue weighted by Crippen LogP contribution is -2.36. The fraction of sp³-hybridized carbons (Fsp3) is 0.300. The van der Waals surface area contributed by atoms with E-state index in [2.05, 4.69) is 32.4 Å². The highest BCUT2D eigenvalue weighted by Gasteiger charge is 2.39. The zero-order valence-corrected chi connectivity index (χ0v) is 15.3. The van der Waals surface area contributed by atoms with Gasteiger partial charge < -0.3 is 15.0 Å². The van der Waals surface area contributed by atoms with Crippen molar-refractivity contribution in [2.45, 2.75) is 25.5 Å². The monoisotopic (exact) mass is 385 g/mol. The molecule has 6 nitrogen and oxygen atoms in total. The number of halogens is 2. The first-order valence-corrected chi connectivity index (χ1v) is 9.18. The summed E-state index contributed by atoms with van der Waals surface area (Å²) in [5, 5.41) is 7.46. The Morgan fingerprint density at radius 1 is 1.11 bits per heavy atom. The number of ether oxygens (including phenoxy) is 1. The largest absolute Gasteiger partial charge is 0.374 e. The summed E-state index contributed by atoms with van der Waals surface area (Å²) in [7, 11) is 0. The molecule has 0 amide bonds. The number of nitrogens with one attached hydrogen (secondary N) is 1. The van der Waals surface area contributed by atoms with Crippen LogP contribution in [0.3, 0.4) is 0 Å². The van der Waals surface area contributed by atoms with Gasteiger partial charge in [-0.2, -0.15) is 4.98 Å². The van der Waals surface area contributed by atoms with Crippen molar-refractivity contribution in [3.63, 3.8) is 0 Å². The third-order valence-electron chi connectivity index (χ3n) is 5.15. The Labute approximate surface area is 162 Å². The van der Waals surface area contributed by atoms with Gasteiger partial charge in [-0.15, -0.1) is 5.10 Å². The molecule has 2 atom stereocenters. The Bertz CT molecular complexity index is 1020. The van der Waals surface area contributed by atoms with Gasteiger partial charge >= 0.3 is 0 Å². The zero-order valence-electron chi connectivity index (χ0n) is 15.3. The second-order valence-corrected chi connectivity index (χ2v) is 7.32. The summed E-state index contributed by atoms with van der Waals surface area (Å²) in [4.78, 5) is 6.59. The summed E-state index contributed by atoms with van der Waals surface area (Å²) in [6.45, 7) is 3.73. The molecule has 2 saturated heterocycles. The lowest BCUT2D eigenvalue weighted by molar-refractivity contribution is 0.0991. The molecule has 2 fully saturated rings. The molecule has 0 aliphatic carbocycles. The molecular formula is C20H21F2N5O. The lowest BCUT2D eigenvalue weighted by atomic mass is 10.1. The number of hydrogen-bond donors (Lipinski definition) is 1. The highest BCUT2D eigenvalue weighted by Crippen LogP contribution is 2.34. The van der Waals surface area contributed by atoms with Crippen LogP contribution in [0.4, 0.5) is 26.1 Å². The van der Waals surface area contributed by atoms with Gasteiger partial charge in [0.2, 0.25) is 5.95 Å². The SMILES string of the molecule is Cc1cc(Nc2ncn(-c3cc(F)cc(F)c3)n2)cc(N2CC3CC2CO3)c1.[HH]. The van der Waals surface area contributed by atoms with Gasteiger partial charge in [0.05, 0.1) is 24.4 Å². The predicted molar refractivity (Wildman–Crippen MR) is 103 cm³/mol. The van der Waals surface area contributed by atoms with E-state index in [0.29, 0.717) is 18.1 Å². The summed E-state index contributed by atoms with van der Waals surface area (Å²) < 4.78 is 33.9. The number of fused-ring (bicyclic) bond motifs is 2. The van der Waals surface area contributed by atoms with Crippen LogP contribution in [-0.2, 0) is 4.74 Å². The molecule has 0 spiro atoms. The Balaban J connectivity index is 0.00000205. The molecule has 5 rings (SSSR count). The summed E-state index contributed by atoms with van der Waals surface area (Å²) in [5.41, 5.74) is 3.40. The minimum atomic E-state index is -0.660. The summed E-state index contributed by atoms with van der Waals surface area (Å²) in [6, 6.07) is 9.90. The first-order chi connectivity index (χ1) is 13.5. The van der Waals surface area contributed by atoms with Gasteiger partial charge in [0.15, 0.2) is 0 Å². The van der Waals surface area contributed by atoms with Crippen LogP contribution in [0.25, 0.3) is 5.69 Å². The van der Waals surface area contributed by atoms with Gasteiger partial charge in [-0.25, -0.2) is 13.5 Å². The van der Waals surface area contributed by atoms with E-state index in [1.54, 1.807) is 0 Å². The minimum absolute atomic E-state index is 0. The molecule has 3 heterocycles. The molecule has 0 radical (unpaired) electrons. The zero-order chi connectivity index (χ0) is 19.3. The van der Waals surface area contributed by atoms with E-state index in [9.17, 15) is 8.78 Å². The Morgan fingerprint density at radius 2 is 1.93 bits per heavy atom. The molecule has 2 aliphatic rings. The highest BCUT2D eigenvalue weighted by molar-refractivity contribution is 5.65. The van der Waals surface area contributed by atoms with Gasteiger partial charge in [-0.1, -0.05) is 0 Å². The van der Waals surface area contributed by atoms with E-state index in [1.165, 1.54) is 23.1 Å². The van der Waals surface area contributed by atoms with Crippen LogP contribution < -0.4 is 10.2 Å². The Kier molecular flexibility index (Phi) is 4.01. The van der Waals surface area contributed by atoms with E-state index in [0.717, 1.165) is 42.6 Å². The molecule has 1 aromatic heterocycles. The van der Waals surface area contributed by atoms with Crippen LogP contribution in [0.5, 0.6) is 0 Å². The quantitative estimate of drug-likeness (QED) is 0.740. The molecular weight excluding hydrogens is 364 g/mol. The normalized spacial score (nSPS) is 20.8. The predicted octanol–water partition coefficient (Wildman–Crippen LogP) is 3.82. The highest BCUT2D eigenvalue weighted by atomic mass is 19.1. The van der Waals surface area contributed by atoms with Gasteiger partial charge in [-0.3, -0.25) is 0 Å². The number of anilines is 3. The van der Waals surface area contributed by atoms with Crippen molar-refractivity contribution in [3.05, 3.63) is 59.9 Å². The van der Waals surface area contributed by atoms with Gasteiger partial charge in [0.1, 0.15) is 18.0 Å². The van der Waals surface area contributed by atoms with E-state index >= 15 is 0 Å². The maximum absolute atomic E-state index is 13.4. The third-order valence-corrected chi connectivity index (χ3v) is 5.15. The van der Waals surface area contributed by atoms with Crippen LogP contribution in [-0.4, -0.2) is 40.1 Å². The van der Waals surface area contributed by atoms with E-state index in [-0.39, 0.29) is 7.11 Å². The summed E-state index contributed by atoms with van der Waals surface area (Å²) in [6.07, 6.45) is 2.82. The third kappa shape index (κ3) is 3.20. The second-order valence-electron chi connectivity index (χ2n) is 7.32. The number of rotatable bonds is 4. The Morgan fingerprint density at radius 3 is 2.64 bits per heavy atom. The first kappa shape index (κ1) is 17.1. The van der Waals surface area contributed by atoms with Crippen molar-refractivity contribution in [1.29, 1.82) is 0 Å². The molecule has 146 valence electrons. The minimum Gasteiger partial charge on any atom is -0.374 e. The maximum atomic E-state index is 13.4. The molecule has 2 bridgehead atoms. The first-order valence-electron chi connectivity index (χ1n) is 9.18. The van der Waals surface area contributed by atoms with Crippen LogP contribution in [0.2, 0.25) is 0 Å². The van der Waals surface area contributed by atoms with Crippen LogP contribution in [0.1, 0.15) is 13.4 Å². The van der Waals surface area contributed by atoms with E-state index < -0.39 is 11.6 Å². The molecule has 1 N–H and O–H groups in total. The topological polar surface area (TPSA) is 55.2 Å². The number of morpholine rings is 1. The smallest absolute Gasteiger partial charge is 0.246 e. The average molecular weight is 385 g/mol. The number of aromatic nitrogens is 3. The summed E-state index contributed by atoms with van der Waals surface area (Å²) in [5.74, 6) is -0.966. The van der Waals surface area contributed by atoms with Crippen LogP contribution >= 0.6 is 0 Å². The second kappa shape index (κ2) is 6.56. The molecule has 3 aromatic rings. The number of benzene rings is 2. The molecule has 0 saturated carbocycles. The molecule has 2 aromatic carbocycles. The van der Waals surface area contributed by atoms with Crippen molar-refractivity contribution in [2.75, 3.05) is 23.4 Å². The molecule has 2 aliphatic heterocycles.